The summed E-state index contributed by atoms with van der Waals surface area (Å²) in [6.07, 6.45) is 0. The molecule has 5 nitrogen and oxygen atoms in total. The summed E-state index contributed by atoms with van der Waals surface area (Å²) >= 11 is 0. The number of aliphatic carboxylic acids is 1. The number of carbonyl (C=O) groups is 1. The monoisotopic (exact) mass is 242 g/mol. The van der Waals surface area contributed by atoms with E-state index in [-0.39, 0.29) is 4.90 Å². The van der Waals surface area contributed by atoms with Gasteiger partial charge in [-0.1, -0.05) is 12.1 Å². The molecule has 1 aromatic carbocycles. The van der Waals surface area contributed by atoms with Crippen LogP contribution in [0.5, 0.6) is 0 Å². The normalized spacial score (nSPS) is 11.4. The van der Waals surface area contributed by atoms with Crippen molar-refractivity contribution in [1.29, 1.82) is 0 Å². The summed E-state index contributed by atoms with van der Waals surface area (Å²) in [6.45, 7) is 2.73. The van der Waals surface area contributed by atoms with Gasteiger partial charge in [-0.05, 0) is 31.0 Å². The van der Waals surface area contributed by atoms with Gasteiger partial charge in [-0.25, -0.2) is 13.1 Å². The van der Waals surface area contributed by atoms with Gasteiger partial charge >= 0.3 is 0 Å². The molecule has 0 saturated heterocycles. The molecule has 6 heteroatoms. The predicted octanol–water partition coefficient (Wildman–Crippen LogP) is -0.668. The summed E-state index contributed by atoms with van der Waals surface area (Å²) in [7, 11) is -3.78. The van der Waals surface area contributed by atoms with Gasteiger partial charge in [0.1, 0.15) is 0 Å². The minimum atomic E-state index is -3.78. The van der Waals surface area contributed by atoms with Crippen molar-refractivity contribution in [2.75, 3.05) is 6.54 Å². The average molecular weight is 242 g/mol. The molecule has 0 aliphatic rings. The zero-order chi connectivity index (χ0) is 12.3. The molecule has 0 aliphatic carbocycles. The average Bonchev–Trinajstić information content (AvgIpc) is 2.19. The largest absolute Gasteiger partial charge is 0.549 e. The maximum absolute atomic E-state index is 11.7. The Labute approximate surface area is 94.2 Å². The lowest BCUT2D eigenvalue weighted by molar-refractivity contribution is -0.303. The van der Waals surface area contributed by atoms with E-state index in [0.717, 1.165) is 5.56 Å². The summed E-state index contributed by atoms with van der Waals surface area (Å²) in [4.78, 5) is 10.3. The molecule has 1 aromatic rings. The van der Waals surface area contributed by atoms with E-state index >= 15 is 0 Å². The fourth-order valence-corrected chi connectivity index (χ4v) is 2.53. The minimum absolute atomic E-state index is 0.0914. The fraction of sp³-hybridized carbons (Fsp3) is 0.300. The minimum Gasteiger partial charge on any atom is -0.549 e. The van der Waals surface area contributed by atoms with Gasteiger partial charge in [0.2, 0.25) is 10.0 Å². The molecule has 0 atom stereocenters. The molecule has 0 fully saturated rings. The molecule has 1 rings (SSSR count). The van der Waals surface area contributed by atoms with Crippen LogP contribution in [0.2, 0.25) is 0 Å². The van der Waals surface area contributed by atoms with Crippen LogP contribution in [0.3, 0.4) is 0 Å². The first-order chi connectivity index (χ1) is 7.34. The van der Waals surface area contributed by atoms with E-state index < -0.39 is 22.5 Å². The van der Waals surface area contributed by atoms with E-state index in [9.17, 15) is 18.3 Å². The summed E-state index contributed by atoms with van der Waals surface area (Å²) < 4.78 is 25.4. The summed E-state index contributed by atoms with van der Waals surface area (Å²) in [6, 6.07) is 4.82. The molecule has 0 aromatic heterocycles. The van der Waals surface area contributed by atoms with Crippen molar-refractivity contribution >= 4 is 16.0 Å². The van der Waals surface area contributed by atoms with Crippen molar-refractivity contribution in [3.8, 4) is 0 Å². The molecule has 0 bridgehead atoms. The van der Waals surface area contributed by atoms with Crippen LogP contribution in [0.25, 0.3) is 0 Å². The second kappa shape index (κ2) is 4.63. The van der Waals surface area contributed by atoms with Crippen molar-refractivity contribution in [1.82, 2.24) is 4.72 Å². The van der Waals surface area contributed by atoms with Gasteiger partial charge in [0, 0.05) is 0 Å². The van der Waals surface area contributed by atoms with E-state index in [0.29, 0.717) is 5.56 Å². The van der Waals surface area contributed by atoms with Crippen LogP contribution in [-0.2, 0) is 14.8 Å². The lowest BCUT2D eigenvalue weighted by Crippen LogP contribution is -2.37. The summed E-state index contributed by atoms with van der Waals surface area (Å²) in [5.41, 5.74) is 1.43. The number of benzene rings is 1. The predicted molar refractivity (Wildman–Crippen MR) is 56.1 cm³/mol. The number of sulfonamides is 1. The Morgan fingerprint density at radius 2 is 2.00 bits per heavy atom. The first kappa shape index (κ1) is 12.7. The van der Waals surface area contributed by atoms with Gasteiger partial charge in [-0.2, -0.15) is 0 Å². The van der Waals surface area contributed by atoms with Crippen molar-refractivity contribution < 1.29 is 18.3 Å². The maximum atomic E-state index is 11.7. The molecule has 0 aliphatic heterocycles. The van der Waals surface area contributed by atoms with Crippen LogP contribution >= 0.6 is 0 Å². The number of hydrogen-bond donors (Lipinski definition) is 1. The molecule has 88 valence electrons. The smallest absolute Gasteiger partial charge is 0.241 e. The topological polar surface area (TPSA) is 86.3 Å². The molecular weight excluding hydrogens is 230 g/mol. The highest BCUT2D eigenvalue weighted by molar-refractivity contribution is 7.89. The Morgan fingerprint density at radius 3 is 2.56 bits per heavy atom. The van der Waals surface area contributed by atoms with E-state index in [1.165, 1.54) is 6.07 Å². The number of aryl methyl sites for hydroxylation is 1. The maximum Gasteiger partial charge on any atom is 0.241 e. The van der Waals surface area contributed by atoms with Crippen LogP contribution in [0, 0.1) is 13.8 Å². The highest BCUT2D eigenvalue weighted by atomic mass is 32.2. The van der Waals surface area contributed by atoms with E-state index in [1.54, 1.807) is 26.0 Å². The van der Waals surface area contributed by atoms with Crippen LogP contribution in [0.4, 0.5) is 0 Å². The van der Waals surface area contributed by atoms with Crippen molar-refractivity contribution in [2.45, 2.75) is 18.7 Å². The van der Waals surface area contributed by atoms with E-state index in [1.807, 2.05) is 4.72 Å². The summed E-state index contributed by atoms with van der Waals surface area (Å²) in [5, 5.41) is 10.2. The van der Waals surface area contributed by atoms with Crippen LogP contribution in [-0.4, -0.2) is 20.9 Å². The molecule has 0 saturated carbocycles. The Bertz CT molecular complexity index is 508. The Kier molecular flexibility index (Phi) is 3.66. The highest BCUT2D eigenvalue weighted by Gasteiger charge is 2.16. The van der Waals surface area contributed by atoms with E-state index in [4.69, 9.17) is 0 Å². The number of carboxylic acids is 1. The van der Waals surface area contributed by atoms with Crippen molar-refractivity contribution in [3.05, 3.63) is 29.3 Å². The molecule has 0 unspecified atom stereocenters. The van der Waals surface area contributed by atoms with E-state index in [2.05, 4.69) is 0 Å². The molecule has 0 radical (unpaired) electrons. The number of carboxylic acid groups (broad SMARTS) is 1. The first-order valence-electron chi connectivity index (χ1n) is 4.60. The first-order valence-corrected chi connectivity index (χ1v) is 6.08. The molecule has 0 heterocycles. The lowest BCUT2D eigenvalue weighted by atomic mass is 10.1. The third kappa shape index (κ3) is 2.80. The third-order valence-electron chi connectivity index (χ3n) is 2.25. The Balaban J connectivity index is 3.08. The quantitative estimate of drug-likeness (QED) is 0.758. The molecule has 0 spiro atoms. The number of carbonyl (C=O) groups excluding carboxylic acids is 1. The molecular formula is C10H12NO4S-. The molecule has 0 amide bonds. The Morgan fingerprint density at radius 1 is 1.38 bits per heavy atom. The number of rotatable bonds is 4. The zero-order valence-electron chi connectivity index (χ0n) is 8.98. The SMILES string of the molecule is Cc1cccc(S(=O)(=O)NCC(=O)[O-])c1C. The van der Waals surface area contributed by atoms with Gasteiger partial charge in [0.25, 0.3) is 0 Å². The standard InChI is InChI=1S/C10H13NO4S/c1-7-4-3-5-9(8(7)2)16(14,15)11-6-10(12)13/h3-5,11H,6H2,1-2H3,(H,12,13)/p-1. The fourth-order valence-electron chi connectivity index (χ4n) is 1.25. The third-order valence-corrected chi connectivity index (χ3v) is 3.80. The van der Waals surface area contributed by atoms with Gasteiger partial charge in [-0.3, -0.25) is 0 Å². The van der Waals surface area contributed by atoms with Crippen LogP contribution in [0.15, 0.2) is 23.1 Å². The van der Waals surface area contributed by atoms with Gasteiger partial charge < -0.3 is 9.90 Å². The van der Waals surface area contributed by atoms with Crippen LogP contribution in [0.1, 0.15) is 11.1 Å². The van der Waals surface area contributed by atoms with Crippen molar-refractivity contribution in [2.24, 2.45) is 0 Å². The number of nitrogens with one attached hydrogen (secondary N) is 1. The van der Waals surface area contributed by atoms with Gasteiger partial charge in [0.15, 0.2) is 0 Å². The molecule has 1 N–H and O–H groups in total. The summed E-state index contributed by atoms with van der Waals surface area (Å²) in [5.74, 6) is -1.46. The van der Waals surface area contributed by atoms with Gasteiger partial charge in [-0.15, -0.1) is 0 Å². The highest BCUT2D eigenvalue weighted by Crippen LogP contribution is 2.17. The molecule has 16 heavy (non-hydrogen) atoms. The Hall–Kier alpha value is -1.40. The van der Waals surface area contributed by atoms with Gasteiger partial charge in [0.05, 0.1) is 17.4 Å². The lowest BCUT2D eigenvalue weighted by Gasteiger charge is -2.11. The van der Waals surface area contributed by atoms with Crippen molar-refractivity contribution in [3.63, 3.8) is 0 Å². The second-order valence-corrected chi connectivity index (χ2v) is 5.13. The zero-order valence-corrected chi connectivity index (χ0v) is 9.80. The van der Waals surface area contributed by atoms with Crippen LogP contribution < -0.4 is 9.83 Å². The number of hydrogen-bond acceptors (Lipinski definition) is 4. The second-order valence-electron chi connectivity index (χ2n) is 3.39.